The molecule has 1 atom stereocenters. The van der Waals surface area contributed by atoms with Gasteiger partial charge >= 0.3 is 12.1 Å². The number of nitrogens with one attached hydrogen (secondary N) is 2. The molecule has 0 fully saturated rings. The molecule has 1 aromatic carbocycles. The summed E-state index contributed by atoms with van der Waals surface area (Å²) in [6.45, 7) is -0.358. The lowest BCUT2D eigenvalue weighted by Gasteiger charge is -2.14. The van der Waals surface area contributed by atoms with Crippen LogP contribution in [0.2, 0.25) is 0 Å². The van der Waals surface area contributed by atoms with Crippen LogP contribution >= 0.6 is 0 Å². The smallest absolute Gasteiger partial charge is 0.407 e. The van der Waals surface area contributed by atoms with Gasteiger partial charge in [-0.3, -0.25) is 9.59 Å². The Morgan fingerprint density at radius 1 is 1.14 bits per heavy atom. The summed E-state index contributed by atoms with van der Waals surface area (Å²) in [5.74, 6) is -1.53. The Kier molecular flexibility index (Phi) is 13.0. The van der Waals surface area contributed by atoms with Crippen LogP contribution in [0.4, 0.5) is 4.79 Å². The molecule has 0 saturated heterocycles. The minimum Gasteiger partial charge on any atom is -1.00 e. The number of Topliss-reactive ketones (excluding diaryl/α,β-unsaturated/α-hetero) is 1. The molecule has 0 aliphatic heterocycles. The van der Waals surface area contributed by atoms with Crippen LogP contribution in [0, 0.1) is 0 Å². The fourth-order valence-corrected chi connectivity index (χ4v) is 2.92. The van der Waals surface area contributed by atoms with E-state index in [0.717, 1.165) is 5.56 Å². The van der Waals surface area contributed by atoms with E-state index in [9.17, 15) is 19.2 Å². The average Bonchev–Trinajstić information content (AvgIpc) is 2.61. The standard InChI is InChI=1S/C18H24N2O6S.BrH/c1-27(2)12-14(21)8-9-15(17(23)24)20-16(22)10-19-18(25)26-11-13-6-4-3-5-7-13;/h3-7,15H,8-12H2,1-2H3,(H2-,19,20,22,23,24,25);1H. The molecular weight excluding hydrogens is 452 g/mol. The van der Waals surface area contributed by atoms with E-state index in [0.29, 0.717) is 5.75 Å². The zero-order valence-corrected chi connectivity index (χ0v) is 18.2. The molecule has 1 rings (SSSR count). The number of ketones is 1. The second-order valence-electron chi connectivity index (χ2n) is 6.08. The van der Waals surface area contributed by atoms with E-state index < -0.39 is 30.6 Å². The van der Waals surface area contributed by atoms with Crippen molar-refractivity contribution >= 4 is 34.6 Å². The molecule has 8 nitrogen and oxygen atoms in total. The first-order valence-corrected chi connectivity index (χ1v) is 10.5. The number of amides is 2. The lowest BCUT2D eigenvalue weighted by molar-refractivity contribution is -0.142. The maximum absolute atomic E-state index is 11.8. The third-order valence-electron chi connectivity index (χ3n) is 3.40. The second-order valence-corrected chi connectivity index (χ2v) is 8.34. The minimum absolute atomic E-state index is 0. The zero-order valence-electron chi connectivity index (χ0n) is 15.8. The molecule has 2 amide bonds. The van der Waals surface area contributed by atoms with Gasteiger partial charge in [-0.05, 0) is 22.9 Å². The van der Waals surface area contributed by atoms with Gasteiger partial charge in [0.2, 0.25) is 5.91 Å². The second kappa shape index (κ2) is 14.0. The summed E-state index contributed by atoms with van der Waals surface area (Å²) in [4.78, 5) is 46.3. The summed E-state index contributed by atoms with van der Waals surface area (Å²) in [7, 11) is -0.0519. The first kappa shape index (κ1) is 25.9. The van der Waals surface area contributed by atoms with Crippen LogP contribution in [0.1, 0.15) is 18.4 Å². The predicted octanol–water partition coefficient (Wildman–Crippen LogP) is -2.29. The first-order chi connectivity index (χ1) is 12.8. The van der Waals surface area contributed by atoms with Crippen LogP contribution in [0.15, 0.2) is 30.3 Å². The van der Waals surface area contributed by atoms with Crippen LogP contribution in [-0.4, -0.2) is 59.7 Å². The first-order valence-electron chi connectivity index (χ1n) is 8.30. The van der Waals surface area contributed by atoms with Gasteiger partial charge in [-0.1, -0.05) is 30.3 Å². The summed E-state index contributed by atoms with van der Waals surface area (Å²) in [5.41, 5.74) is 0.801. The highest BCUT2D eigenvalue weighted by molar-refractivity contribution is 7.96. The maximum Gasteiger partial charge on any atom is 0.407 e. The van der Waals surface area contributed by atoms with E-state index in [4.69, 9.17) is 9.84 Å². The van der Waals surface area contributed by atoms with Crippen molar-refractivity contribution in [1.82, 2.24) is 10.6 Å². The fourth-order valence-electron chi connectivity index (χ4n) is 2.13. The van der Waals surface area contributed by atoms with E-state index >= 15 is 0 Å². The highest BCUT2D eigenvalue weighted by Crippen LogP contribution is 2.02. The average molecular weight is 477 g/mol. The van der Waals surface area contributed by atoms with Crippen molar-refractivity contribution in [2.75, 3.05) is 24.8 Å². The molecule has 0 aliphatic carbocycles. The number of rotatable bonds is 11. The van der Waals surface area contributed by atoms with E-state index in [1.165, 1.54) is 0 Å². The molecule has 0 aliphatic rings. The molecule has 28 heavy (non-hydrogen) atoms. The molecule has 0 radical (unpaired) electrons. The van der Waals surface area contributed by atoms with Crippen molar-refractivity contribution in [2.45, 2.75) is 25.5 Å². The van der Waals surface area contributed by atoms with Gasteiger partial charge in [-0.2, -0.15) is 0 Å². The number of alkyl carbamates (subject to hydrolysis) is 1. The number of hydrogen-bond acceptors (Lipinski definition) is 5. The highest BCUT2D eigenvalue weighted by Gasteiger charge is 2.22. The van der Waals surface area contributed by atoms with Crippen LogP contribution in [0.5, 0.6) is 0 Å². The monoisotopic (exact) mass is 476 g/mol. The normalized spacial score (nSPS) is 11.1. The Morgan fingerprint density at radius 3 is 2.36 bits per heavy atom. The van der Waals surface area contributed by atoms with E-state index in [1.807, 2.05) is 30.7 Å². The lowest BCUT2D eigenvalue weighted by atomic mass is 10.1. The Labute approximate surface area is 177 Å². The predicted molar refractivity (Wildman–Crippen MR) is 103 cm³/mol. The van der Waals surface area contributed by atoms with E-state index in [-0.39, 0.29) is 53.1 Å². The van der Waals surface area contributed by atoms with Gasteiger partial charge in [-0.25, -0.2) is 9.59 Å². The largest absolute Gasteiger partial charge is 1.00 e. The number of ether oxygens (including phenoxy) is 1. The van der Waals surface area contributed by atoms with Gasteiger partial charge in [-0.15, -0.1) is 0 Å². The molecule has 10 heteroatoms. The Balaban J connectivity index is 0.00000729. The topological polar surface area (TPSA) is 122 Å². The number of carbonyl (C=O) groups is 4. The van der Waals surface area contributed by atoms with Crippen molar-refractivity contribution in [2.24, 2.45) is 0 Å². The van der Waals surface area contributed by atoms with Gasteiger partial charge in [0.05, 0.1) is 12.5 Å². The molecule has 0 saturated carbocycles. The summed E-state index contributed by atoms with van der Waals surface area (Å²) < 4.78 is 4.96. The quantitative estimate of drug-likeness (QED) is 0.309. The molecule has 0 aromatic heterocycles. The van der Waals surface area contributed by atoms with Crippen molar-refractivity contribution < 1.29 is 46.0 Å². The molecule has 1 unspecified atom stereocenters. The van der Waals surface area contributed by atoms with Crippen LogP contribution in [0.3, 0.4) is 0 Å². The van der Waals surface area contributed by atoms with E-state index in [2.05, 4.69) is 10.6 Å². The third-order valence-corrected chi connectivity index (χ3v) is 4.30. The van der Waals surface area contributed by atoms with Gasteiger partial charge in [0.25, 0.3) is 0 Å². The number of hydrogen-bond donors (Lipinski definition) is 3. The summed E-state index contributed by atoms with van der Waals surface area (Å²) in [6, 6.07) is 7.85. The number of aliphatic carboxylic acids is 1. The van der Waals surface area contributed by atoms with Crippen molar-refractivity contribution in [3.8, 4) is 0 Å². The highest BCUT2D eigenvalue weighted by atomic mass is 79.9. The summed E-state index contributed by atoms with van der Waals surface area (Å²) in [6.07, 6.45) is 3.16. The molecule has 156 valence electrons. The van der Waals surface area contributed by atoms with Crippen LogP contribution in [-0.2, 0) is 36.6 Å². The Morgan fingerprint density at radius 2 is 1.79 bits per heavy atom. The van der Waals surface area contributed by atoms with Gasteiger partial charge in [0, 0.05) is 6.42 Å². The number of carboxylic acids is 1. The van der Waals surface area contributed by atoms with Gasteiger partial charge in [0.15, 0.2) is 11.5 Å². The lowest BCUT2D eigenvalue weighted by Crippen LogP contribution is -3.00. The molecule has 3 N–H and O–H groups in total. The van der Waals surface area contributed by atoms with Gasteiger partial charge < -0.3 is 37.5 Å². The zero-order chi connectivity index (χ0) is 20.2. The summed E-state index contributed by atoms with van der Waals surface area (Å²) in [5, 5.41) is 13.7. The van der Waals surface area contributed by atoms with Crippen LogP contribution in [0.25, 0.3) is 0 Å². The Hall–Kier alpha value is -2.07. The van der Waals surface area contributed by atoms with Crippen molar-refractivity contribution in [3.63, 3.8) is 0 Å². The fraction of sp³-hybridized carbons (Fsp3) is 0.444. The van der Waals surface area contributed by atoms with Crippen molar-refractivity contribution in [3.05, 3.63) is 35.9 Å². The number of carboxylic acid groups (broad SMARTS) is 1. The number of halogens is 1. The molecular formula is C18H25BrN2O6S. The minimum atomic E-state index is -1.23. The SMILES string of the molecule is C[S+](C)CC(=O)CCC(NC(=O)CNC(=O)OCc1ccccc1)C(=O)O.[Br-]. The maximum atomic E-state index is 11.8. The molecule has 0 spiro atoms. The summed E-state index contributed by atoms with van der Waals surface area (Å²) >= 11 is 0. The Bertz CT molecular complexity index is 657. The van der Waals surface area contributed by atoms with Crippen LogP contribution < -0.4 is 27.6 Å². The third kappa shape index (κ3) is 11.6. The van der Waals surface area contributed by atoms with Gasteiger partial charge in [0.1, 0.15) is 19.2 Å². The number of carbonyl (C=O) groups excluding carboxylic acids is 3. The molecule has 1 aromatic rings. The van der Waals surface area contributed by atoms with Crippen molar-refractivity contribution in [1.29, 1.82) is 0 Å². The number of benzene rings is 1. The molecule has 0 bridgehead atoms. The molecule has 0 heterocycles. The van der Waals surface area contributed by atoms with E-state index in [1.54, 1.807) is 12.1 Å².